The van der Waals surface area contributed by atoms with Crippen LogP contribution in [0, 0.1) is 0 Å². The minimum absolute atomic E-state index is 0.138. The highest BCUT2D eigenvalue weighted by Gasteiger charge is 2.51. The van der Waals surface area contributed by atoms with Gasteiger partial charge in [0.15, 0.2) is 0 Å². The van der Waals surface area contributed by atoms with Gasteiger partial charge >= 0.3 is 5.97 Å². The number of rotatable bonds is 15. The molecule has 0 saturated heterocycles. The lowest BCUT2D eigenvalue weighted by Crippen LogP contribution is -2.49. The van der Waals surface area contributed by atoms with Crippen molar-refractivity contribution in [3.8, 4) is 0 Å². The van der Waals surface area contributed by atoms with Crippen LogP contribution in [0.2, 0.25) is 0 Å². The predicted octanol–water partition coefficient (Wildman–Crippen LogP) is 4.54. The van der Waals surface area contributed by atoms with Gasteiger partial charge in [-0.2, -0.15) is 0 Å². The molecule has 1 fully saturated rings. The molecule has 1 aliphatic carbocycles. The molecule has 0 radical (unpaired) electrons. The Hall–Kier alpha value is -1.20. The molecule has 1 rings (SSSR count). The molecule has 0 aromatic heterocycles. The second kappa shape index (κ2) is 12.3. The molecule has 1 saturated carbocycles. The van der Waals surface area contributed by atoms with E-state index in [1.165, 1.54) is 19.3 Å². The summed E-state index contributed by atoms with van der Waals surface area (Å²) in [6, 6.07) is 0. The van der Waals surface area contributed by atoms with Crippen molar-refractivity contribution in [2.45, 2.75) is 114 Å². The quantitative estimate of drug-likeness (QED) is 0.285. The SMILES string of the molecule is CCCCCCCC(=O)CCC1(O)CCCC1(O)CC=CCCCC(=O)O. The van der Waals surface area contributed by atoms with Crippen molar-refractivity contribution < 1.29 is 24.9 Å². The Morgan fingerprint density at radius 3 is 2.30 bits per heavy atom. The third-order valence-corrected chi connectivity index (χ3v) is 5.81. The van der Waals surface area contributed by atoms with Gasteiger partial charge in [0.05, 0.1) is 11.2 Å². The summed E-state index contributed by atoms with van der Waals surface area (Å²) in [6.07, 6.45) is 14.0. The molecular formula is C22H38O5. The van der Waals surface area contributed by atoms with Crippen LogP contribution in [0.3, 0.4) is 0 Å². The number of unbranched alkanes of at least 4 members (excludes halogenated alkanes) is 5. The molecule has 1 aliphatic rings. The first-order valence-corrected chi connectivity index (χ1v) is 10.7. The van der Waals surface area contributed by atoms with E-state index in [1.54, 1.807) is 0 Å². The number of carboxylic acids is 1. The molecule has 27 heavy (non-hydrogen) atoms. The van der Waals surface area contributed by atoms with Crippen LogP contribution in [-0.4, -0.2) is 38.3 Å². The van der Waals surface area contributed by atoms with Gasteiger partial charge in [0.1, 0.15) is 5.78 Å². The number of carbonyl (C=O) groups excluding carboxylic acids is 1. The molecule has 0 aromatic carbocycles. The van der Waals surface area contributed by atoms with E-state index in [0.29, 0.717) is 51.4 Å². The van der Waals surface area contributed by atoms with Gasteiger partial charge < -0.3 is 15.3 Å². The Labute approximate surface area is 163 Å². The van der Waals surface area contributed by atoms with Gasteiger partial charge in [-0.1, -0.05) is 44.8 Å². The highest BCUT2D eigenvalue weighted by atomic mass is 16.4. The fourth-order valence-electron chi connectivity index (χ4n) is 3.95. The van der Waals surface area contributed by atoms with E-state index in [4.69, 9.17) is 5.11 Å². The molecule has 5 heteroatoms. The summed E-state index contributed by atoms with van der Waals surface area (Å²) in [5.41, 5.74) is -2.38. The summed E-state index contributed by atoms with van der Waals surface area (Å²) in [6.45, 7) is 2.17. The van der Waals surface area contributed by atoms with E-state index >= 15 is 0 Å². The van der Waals surface area contributed by atoms with Crippen LogP contribution in [0.1, 0.15) is 103 Å². The van der Waals surface area contributed by atoms with Crippen LogP contribution >= 0.6 is 0 Å². The first-order chi connectivity index (χ1) is 12.8. The Balaban J connectivity index is 2.37. The summed E-state index contributed by atoms with van der Waals surface area (Å²) in [4.78, 5) is 22.6. The van der Waals surface area contributed by atoms with Crippen molar-refractivity contribution in [1.29, 1.82) is 0 Å². The third-order valence-electron chi connectivity index (χ3n) is 5.81. The van der Waals surface area contributed by atoms with Crippen LogP contribution in [0.25, 0.3) is 0 Å². The molecule has 0 aromatic rings. The molecule has 2 atom stereocenters. The summed E-state index contributed by atoms with van der Waals surface area (Å²) in [5, 5.41) is 30.5. The van der Waals surface area contributed by atoms with Gasteiger partial charge in [-0.05, 0) is 51.4 Å². The molecule has 0 amide bonds. The Kier molecular flexibility index (Phi) is 10.9. The molecule has 0 heterocycles. The maximum absolute atomic E-state index is 12.1. The monoisotopic (exact) mass is 382 g/mol. The predicted molar refractivity (Wildman–Crippen MR) is 107 cm³/mol. The minimum atomic E-state index is -1.20. The third kappa shape index (κ3) is 8.56. The summed E-state index contributed by atoms with van der Waals surface area (Å²) in [5.74, 6) is -0.624. The Morgan fingerprint density at radius 2 is 1.59 bits per heavy atom. The lowest BCUT2D eigenvalue weighted by atomic mass is 9.79. The van der Waals surface area contributed by atoms with Crippen LogP contribution in [0.5, 0.6) is 0 Å². The van der Waals surface area contributed by atoms with E-state index in [0.717, 1.165) is 19.3 Å². The summed E-state index contributed by atoms with van der Waals surface area (Å²) >= 11 is 0. The lowest BCUT2D eigenvalue weighted by Gasteiger charge is -2.37. The van der Waals surface area contributed by atoms with Crippen molar-refractivity contribution in [3.05, 3.63) is 12.2 Å². The van der Waals surface area contributed by atoms with Crippen LogP contribution < -0.4 is 0 Å². The van der Waals surface area contributed by atoms with E-state index in [2.05, 4.69) is 6.92 Å². The van der Waals surface area contributed by atoms with E-state index in [9.17, 15) is 19.8 Å². The second-order valence-electron chi connectivity index (χ2n) is 8.08. The van der Waals surface area contributed by atoms with Gasteiger partial charge in [-0.25, -0.2) is 0 Å². The van der Waals surface area contributed by atoms with Gasteiger partial charge in [-0.15, -0.1) is 0 Å². The van der Waals surface area contributed by atoms with Crippen molar-refractivity contribution in [2.75, 3.05) is 0 Å². The zero-order valence-electron chi connectivity index (χ0n) is 16.9. The summed E-state index contributed by atoms with van der Waals surface area (Å²) in [7, 11) is 0. The van der Waals surface area contributed by atoms with E-state index < -0.39 is 17.2 Å². The molecule has 0 bridgehead atoms. The maximum Gasteiger partial charge on any atom is 0.303 e. The zero-order chi connectivity index (χ0) is 20.2. The van der Waals surface area contributed by atoms with E-state index in [-0.39, 0.29) is 12.2 Å². The molecular weight excluding hydrogens is 344 g/mol. The van der Waals surface area contributed by atoms with Gasteiger partial charge in [0, 0.05) is 19.3 Å². The molecule has 5 nitrogen and oxygen atoms in total. The Bertz CT molecular complexity index is 487. The lowest BCUT2D eigenvalue weighted by molar-refractivity contribution is -0.139. The average molecular weight is 383 g/mol. The normalized spacial score (nSPS) is 25.3. The first-order valence-electron chi connectivity index (χ1n) is 10.7. The minimum Gasteiger partial charge on any atom is -0.481 e. The largest absolute Gasteiger partial charge is 0.481 e. The van der Waals surface area contributed by atoms with Crippen LogP contribution in [0.15, 0.2) is 12.2 Å². The van der Waals surface area contributed by atoms with Gasteiger partial charge in [-0.3, -0.25) is 9.59 Å². The molecule has 0 spiro atoms. The van der Waals surface area contributed by atoms with Crippen LogP contribution in [0.4, 0.5) is 0 Å². The van der Waals surface area contributed by atoms with Crippen LogP contribution in [-0.2, 0) is 9.59 Å². The van der Waals surface area contributed by atoms with Crippen molar-refractivity contribution >= 4 is 11.8 Å². The summed E-state index contributed by atoms with van der Waals surface area (Å²) < 4.78 is 0. The van der Waals surface area contributed by atoms with Crippen molar-refractivity contribution in [3.63, 3.8) is 0 Å². The van der Waals surface area contributed by atoms with Gasteiger partial charge in [0.25, 0.3) is 0 Å². The highest BCUT2D eigenvalue weighted by Crippen LogP contribution is 2.44. The smallest absolute Gasteiger partial charge is 0.303 e. The number of allylic oxidation sites excluding steroid dienone is 1. The van der Waals surface area contributed by atoms with E-state index in [1.807, 2.05) is 12.2 Å². The number of hydrogen-bond acceptors (Lipinski definition) is 4. The fraction of sp³-hybridized carbons (Fsp3) is 0.818. The van der Waals surface area contributed by atoms with Crippen molar-refractivity contribution in [1.82, 2.24) is 0 Å². The highest BCUT2D eigenvalue weighted by molar-refractivity contribution is 5.78. The molecule has 156 valence electrons. The fourth-order valence-corrected chi connectivity index (χ4v) is 3.95. The topological polar surface area (TPSA) is 94.8 Å². The zero-order valence-corrected chi connectivity index (χ0v) is 16.9. The maximum atomic E-state index is 12.1. The molecule has 0 aliphatic heterocycles. The van der Waals surface area contributed by atoms with Crippen molar-refractivity contribution in [2.24, 2.45) is 0 Å². The number of hydrogen-bond donors (Lipinski definition) is 3. The number of aliphatic hydroxyl groups is 2. The average Bonchev–Trinajstić information content (AvgIpc) is 2.91. The molecule has 2 unspecified atom stereocenters. The molecule has 3 N–H and O–H groups in total. The van der Waals surface area contributed by atoms with Gasteiger partial charge in [0.2, 0.25) is 0 Å². The number of carboxylic acid groups (broad SMARTS) is 1. The standard InChI is InChI=1S/C22H38O5/c1-2-3-4-5-8-12-19(23)14-18-22(27)17-11-16-21(22,26)15-10-7-6-9-13-20(24)25/h7,10,26-27H,2-6,8-9,11-18H2,1H3,(H,24,25). The number of carbonyl (C=O) groups is 2. The number of Topliss-reactive ketones (excluding diaryl/α,β-unsaturated/α-hetero) is 1. The Morgan fingerprint density at radius 1 is 0.889 bits per heavy atom. The number of aliphatic carboxylic acids is 1. The second-order valence-corrected chi connectivity index (χ2v) is 8.08. The first kappa shape index (κ1) is 23.8. The number of ketones is 1.